The largest absolute Gasteiger partial charge is 0.319 e. The Balaban J connectivity index is 0.00000450. The fourth-order valence-electron chi connectivity index (χ4n) is 7.85. The molecule has 0 unspecified atom stereocenters. The summed E-state index contributed by atoms with van der Waals surface area (Å²) in [6.07, 6.45) is 1.97. The molecule has 0 spiro atoms. The second-order valence-electron chi connectivity index (χ2n) is 16.5. The van der Waals surface area contributed by atoms with E-state index < -0.39 is 8.07 Å². The van der Waals surface area contributed by atoms with Gasteiger partial charge < -0.3 is 4.57 Å². The number of benzene rings is 5. The molecule has 1 aliphatic rings. The Labute approximate surface area is 335 Å². The van der Waals surface area contributed by atoms with E-state index in [1.165, 1.54) is 43.4 Å². The molecule has 0 bridgehead atoms. The number of fused-ring (bicyclic) bond motifs is 4. The van der Waals surface area contributed by atoms with Crippen molar-refractivity contribution in [3.05, 3.63) is 139 Å². The van der Waals surface area contributed by atoms with Crippen LogP contribution in [0.15, 0.2) is 115 Å². The van der Waals surface area contributed by atoms with E-state index >= 15 is 0 Å². The molecule has 1 aliphatic heterocycles. The Hall–Kier alpha value is -4.48. The molecule has 2 aromatic heterocycles. The monoisotopic (exact) mass is 908 g/mol. The van der Waals surface area contributed by atoms with Crippen LogP contribution in [0.4, 0.5) is 17.1 Å². The Morgan fingerprint density at radius 1 is 0.685 bits per heavy atom. The van der Waals surface area contributed by atoms with Crippen molar-refractivity contribution in [1.82, 2.24) is 9.55 Å². The van der Waals surface area contributed by atoms with E-state index in [4.69, 9.17) is 9.92 Å². The Bertz CT molecular complexity index is 2470. The van der Waals surface area contributed by atoms with E-state index in [0.717, 1.165) is 33.9 Å². The molecule has 7 aromatic rings. The SMILES string of the molecule is CC(C)c1cccc(C(C)C)c1-c1ccnc(-n2c3[c-]c([Si](C)(C)c4[c-]c(N5[OH+]N(C(C)(C)C)c6ccccc65)ccc4)ccc3c3ccccc32)c1.[Pt]. The van der Waals surface area contributed by atoms with Gasteiger partial charge in [0.25, 0.3) is 0 Å². The van der Waals surface area contributed by atoms with Crippen LogP contribution in [-0.4, -0.2) is 28.1 Å². The topological polar surface area (TPSA) is 37.1 Å². The van der Waals surface area contributed by atoms with Gasteiger partial charge in [-0.15, -0.1) is 21.6 Å². The Kier molecular flexibility index (Phi) is 10.0. The van der Waals surface area contributed by atoms with E-state index in [1.54, 1.807) is 0 Å². The second kappa shape index (κ2) is 14.3. The first-order valence-electron chi connectivity index (χ1n) is 18.8. The molecule has 1 N–H and O–H groups in total. The van der Waals surface area contributed by atoms with E-state index in [-0.39, 0.29) is 26.6 Å². The summed E-state index contributed by atoms with van der Waals surface area (Å²) in [6, 6.07) is 47.2. The van der Waals surface area contributed by atoms with Crippen molar-refractivity contribution in [1.29, 1.82) is 0 Å². The van der Waals surface area contributed by atoms with E-state index in [2.05, 4.69) is 193 Å². The van der Waals surface area contributed by atoms with Crippen LogP contribution >= 0.6 is 0 Å². The number of nitrogens with zero attached hydrogens (tertiary/aromatic N) is 4. The molecule has 5 aromatic carbocycles. The zero-order chi connectivity index (χ0) is 37.2. The summed E-state index contributed by atoms with van der Waals surface area (Å²) in [5.41, 5.74) is 10.4. The van der Waals surface area contributed by atoms with Crippen LogP contribution in [0.3, 0.4) is 0 Å². The zero-order valence-electron chi connectivity index (χ0n) is 32.7. The maximum absolute atomic E-state index is 5.10. The standard InChI is InChI=1S/C47H48N4OSi.Pt/c1-31(2)37-19-15-20-38(32(3)4)46(37)33-26-27-48-45(28-33)49-41-21-11-10-18-39(41)40-25-24-36(30-44(40)49)53(8,9)35-17-14-16-34(29-35)50-42-22-12-13-23-43(42)51(52-50)47(5,6)7;/h10-28,31-32H,1-9H3;/q-2;/p+1. The molecule has 0 atom stereocenters. The maximum atomic E-state index is 5.10. The van der Waals surface area contributed by atoms with Gasteiger partial charge in [0.1, 0.15) is 22.7 Å². The first kappa shape index (κ1) is 37.8. The summed E-state index contributed by atoms with van der Waals surface area (Å²) in [4.78, 5) is 10.1. The molecule has 8 rings (SSSR count). The van der Waals surface area contributed by atoms with Crippen LogP contribution in [0.5, 0.6) is 0 Å². The molecule has 0 radical (unpaired) electrons. The van der Waals surface area contributed by atoms with Crippen molar-refractivity contribution in [3.63, 3.8) is 0 Å². The summed E-state index contributed by atoms with van der Waals surface area (Å²) in [5, 5.41) is 8.97. The predicted octanol–water partition coefficient (Wildman–Crippen LogP) is 11.1. The van der Waals surface area contributed by atoms with Crippen LogP contribution in [0.2, 0.25) is 13.1 Å². The molecule has 3 heterocycles. The van der Waals surface area contributed by atoms with Crippen molar-refractivity contribution < 1.29 is 26.0 Å². The van der Waals surface area contributed by atoms with Gasteiger partial charge in [-0.25, -0.2) is 4.98 Å². The quantitative estimate of drug-likeness (QED) is 0.0908. The fraction of sp³-hybridized carbons (Fsp3) is 0.255. The van der Waals surface area contributed by atoms with Crippen LogP contribution in [0, 0.1) is 12.1 Å². The zero-order valence-corrected chi connectivity index (χ0v) is 35.9. The molecular weight excluding hydrogens is 860 g/mol. The Morgan fingerprint density at radius 2 is 1.33 bits per heavy atom. The van der Waals surface area contributed by atoms with Crippen molar-refractivity contribution in [3.8, 4) is 16.9 Å². The maximum Gasteiger partial charge on any atom is 0.145 e. The third-order valence-electron chi connectivity index (χ3n) is 10.7. The van der Waals surface area contributed by atoms with E-state index in [9.17, 15) is 0 Å². The summed E-state index contributed by atoms with van der Waals surface area (Å²) in [5.74, 6) is 1.71. The van der Waals surface area contributed by atoms with Gasteiger partial charge in [0.2, 0.25) is 0 Å². The van der Waals surface area contributed by atoms with Crippen molar-refractivity contribution in [2.75, 3.05) is 10.1 Å². The normalized spacial score (nSPS) is 13.3. The summed E-state index contributed by atoms with van der Waals surface area (Å²) in [6.45, 7) is 20.5. The van der Waals surface area contributed by atoms with Crippen molar-refractivity contribution >= 4 is 57.3 Å². The van der Waals surface area contributed by atoms with Crippen LogP contribution in [0.1, 0.15) is 71.4 Å². The van der Waals surface area contributed by atoms with Crippen LogP contribution in [-0.2, 0) is 21.1 Å². The number of aromatic nitrogens is 2. The van der Waals surface area contributed by atoms with Gasteiger partial charge in [-0.3, -0.25) is 0 Å². The first-order chi connectivity index (χ1) is 25.3. The minimum atomic E-state index is -2.30. The second-order valence-corrected chi connectivity index (χ2v) is 20.8. The Morgan fingerprint density at radius 3 is 2.04 bits per heavy atom. The third-order valence-corrected chi connectivity index (χ3v) is 14.0. The number of hydroxylamine groups is 1. The minimum Gasteiger partial charge on any atom is -0.319 e. The van der Waals surface area contributed by atoms with Crippen LogP contribution in [0.25, 0.3) is 38.8 Å². The smallest absolute Gasteiger partial charge is 0.145 e. The van der Waals surface area contributed by atoms with Gasteiger partial charge >= 0.3 is 0 Å². The number of anilines is 3. The summed E-state index contributed by atoms with van der Waals surface area (Å²) >= 11 is 0. The number of rotatable bonds is 7. The van der Waals surface area contributed by atoms with Gasteiger partial charge in [0.05, 0.1) is 8.07 Å². The molecule has 5 nitrogen and oxygen atoms in total. The summed E-state index contributed by atoms with van der Waals surface area (Å²) < 4.78 is 2.32. The fourth-order valence-corrected chi connectivity index (χ4v) is 10.0. The average molecular weight is 909 g/mol. The molecule has 0 saturated heterocycles. The average Bonchev–Trinajstić information content (AvgIpc) is 3.71. The van der Waals surface area contributed by atoms with Gasteiger partial charge in [-0.2, -0.15) is 51.7 Å². The van der Waals surface area contributed by atoms with Gasteiger partial charge in [-0.1, -0.05) is 94.8 Å². The molecule has 0 saturated carbocycles. The molecule has 0 fully saturated rings. The van der Waals surface area contributed by atoms with Gasteiger partial charge in [-0.05, 0) is 90.6 Å². The summed E-state index contributed by atoms with van der Waals surface area (Å²) in [7, 11) is -2.30. The number of pyridine rings is 1. The van der Waals surface area contributed by atoms with E-state index in [0.29, 0.717) is 11.8 Å². The molecule has 0 aliphatic carbocycles. The molecule has 278 valence electrons. The van der Waals surface area contributed by atoms with Crippen LogP contribution < -0.4 is 20.5 Å². The van der Waals surface area contributed by atoms with Gasteiger partial charge in [0.15, 0.2) is 0 Å². The number of para-hydroxylation sites is 3. The number of hydrogen-bond acceptors (Lipinski definition) is 3. The van der Waals surface area contributed by atoms with Crippen molar-refractivity contribution in [2.24, 2.45) is 0 Å². The predicted molar refractivity (Wildman–Crippen MR) is 226 cm³/mol. The third kappa shape index (κ3) is 6.42. The van der Waals surface area contributed by atoms with E-state index in [1.807, 2.05) is 11.3 Å². The molecular formula is C47H49N4OPtSi-. The molecule has 54 heavy (non-hydrogen) atoms. The van der Waals surface area contributed by atoms with Crippen molar-refractivity contribution in [2.45, 2.75) is 78.9 Å². The molecule has 0 amide bonds. The minimum absolute atomic E-state index is 0. The first-order valence-corrected chi connectivity index (χ1v) is 21.8. The number of hydrogen-bond donors (Lipinski definition) is 0. The molecule has 7 heteroatoms. The van der Waals surface area contributed by atoms with Gasteiger partial charge in [0, 0.05) is 38.5 Å².